The van der Waals surface area contributed by atoms with Crippen LogP contribution in [0.5, 0.6) is 0 Å². The van der Waals surface area contributed by atoms with Gasteiger partial charge in [0.05, 0.1) is 0 Å². The van der Waals surface area contributed by atoms with Gasteiger partial charge in [-0.2, -0.15) is 0 Å². The van der Waals surface area contributed by atoms with E-state index in [-0.39, 0.29) is 0 Å². The maximum absolute atomic E-state index is 5.42. The summed E-state index contributed by atoms with van der Waals surface area (Å²) in [7, 11) is 0. The Hall–Kier alpha value is -1.39. The summed E-state index contributed by atoms with van der Waals surface area (Å²) >= 11 is 0. The largest absolute Gasteiger partial charge is 0.441 e. The summed E-state index contributed by atoms with van der Waals surface area (Å²) in [5.74, 6) is 0.711. The third kappa shape index (κ3) is 2.59. The standard InChI is InChI=1S/C12H17N3O/c1-9-15-11-7-10(3-4-12(11)16-9)8-14-6-2-5-13/h3-4,7,14H,2,5-6,8,13H2,1H3. The fourth-order valence-corrected chi connectivity index (χ4v) is 1.66. The summed E-state index contributed by atoms with van der Waals surface area (Å²) in [5, 5.41) is 3.34. The molecule has 0 saturated heterocycles. The minimum Gasteiger partial charge on any atom is -0.441 e. The van der Waals surface area contributed by atoms with Crippen LogP contribution in [0.3, 0.4) is 0 Å². The van der Waals surface area contributed by atoms with Gasteiger partial charge in [0.1, 0.15) is 5.52 Å². The van der Waals surface area contributed by atoms with Crippen LogP contribution in [-0.2, 0) is 6.54 Å². The molecular weight excluding hydrogens is 202 g/mol. The van der Waals surface area contributed by atoms with Gasteiger partial charge >= 0.3 is 0 Å². The predicted octanol–water partition coefficient (Wildman–Crippen LogP) is 1.57. The minimum atomic E-state index is 0.711. The van der Waals surface area contributed by atoms with Gasteiger partial charge in [0.2, 0.25) is 0 Å². The average molecular weight is 219 g/mol. The van der Waals surface area contributed by atoms with Crippen LogP contribution in [0.4, 0.5) is 0 Å². The number of nitrogens with one attached hydrogen (secondary N) is 1. The molecule has 3 N–H and O–H groups in total. The topological polar surface area (TPSA) is 64.1 Å². The number of hydrogen-bond donors (Lipinski definition) is 2. The number of oxazole rings is 1. The molecule has 0 fully saturated rings. The zero-order valence-electron chi connectivity index (χ0n) is 9.49. The third-order valence-electron chi connectivity index (χ3n) is 2.45. The summed E-state index contributed by atoms with van der Waals surface area (Å²) in [6.07, 6.45) is 1.01. The first-order chi connectivity index (χ1) is 7.79. The summed E-state index contributed by atoms with van der Waals surface area (Å²) in [6.45, 7) is 4.39. The van der Waals surface area contributed by atoms with Crippen molar-refractivity contribution in [1.82, 2.24) is 10.3 Å². The molecule has 4 heteroatoms. The number of nitrogens with two attached hydrogens (primary N) is 1. The quantitative estimate of drug-likeness (QED) is 0.749. The molecule has 0 unspecified atom stereocenters. The van der Waals surface area contributed by atoms with Crippen molar-refractivity contribution in [3.8, 4) is 0 Å². The predicted molar refractivity (Wildman–Crippen MR) is 64.1 cm³/mol. The Balaban J connectivity index is 2.02. The van der Waals surface area contributed by atoms with Gasteiger partial charge in [0, 0.05) is 13.5 Å². The first-order valence-electron chi connectivity index (χ1n) is 5.56. The molecule has 0 aliphatic rings. The molecule has 4 nitrogen and oxygen atoms in total. The summed E-state index contributed by atoms with van der Waals surface area (Å²) < 4.78 is 5.42. The van der Waals surface area contributed by atoms with Crippen molar-refractivity contribution >= 4 is 11.1 Å². The highest BCUT2D eigenvalue weighted by atomic mass is 16.3. The monoisotopic (exact) mass is 219 g/mol. The van der Waals surface area contributed by atoms with E-state index in [0.29, 0.717) is 5.89 Å². The van der Waals surface area contributed by atoms with E-state index in [2.05, 4.69) is 22.4 Å². The minimum absolute atomic E-state index is 0.711. The van der Waals surface area contributed by atoms with Gasteiger partial charge in [-0.25, -0.2) is 4.98 Å². The second kappa shape index (κ2) is 5.09. The van der Waals surface area contributed by atoms with E-state index >= 15 is 0 Å². The van der Waals surface area contributed by atoms with E-state index in [1.807, 2.05) is 13.0 Å². The van der Waals surface area contributed by atoms with Crippen LogP contribution in [0.2, 0.25) is 0 Å². The number of fused-ring (bicyclic) bond motifs is 1. The number of nitrogens with zero attached hydrogens (tertiary/aromatic N) is 1. The highest BCUT2D eigenvalue weighted by Crippen LogP contribution is 2.16. The van der Waals surface area contributed by atoms with Gasteiger partial charge < -0.3 is 15.5 Å². The first-order valence-corrected chi connectivity index (χ1v) is 5.56. The molecule has 2 rings (SSSR count). The molecule has 1 heterocycles. The number of benzene rings is 1. The number of hydrogen-bond acceptors (Lipinski definition) is 4. The lowest BCUT2D eigenvalue weighted by Gasteiger charge is -2.03. The highest BCUT2D eigenvalue weighted by Gasteiger charge is 2.02. The Morgan fingerprint density at radius 2 is 2.31 bits per heavy atom. The fraction of sp³-hybridized carbons (Fsp3) is 0.417. The third-order valence-corrected chi connectivity index (χ3v) is 2.45. The van der Waals surface area contributed by atoms with E-state index in [9.17, 15) is 0 Å². The van der Waals surface area contributed by atoms with E-state index in [1.165, 1.54) is 5.56 Å². The lowest BCUT2D eigenvalue weighted by molar-refractivity contribution is 0.561. The molecule has 0 atom stereocenters. The van der Waals surface area contributed by atoms with E-state index in [1.54, 1.807) is 0 Å². The van der Waals surface area contributed by atoms with Gasteiger partial charge in [0.25, 0.3) is 0 Å². The van der Waals surface area contributed by atoms with E-state index < -0.39 is 0 Å². The summed E-state index contributed by atoms with van der Waals surface area (Å²) in [5.41, 5.74) is 8.42. The molecule has 0 bridgehead atoms. The van der Waals surface area contributed by atoms with Crippen molar-refractivity contribution in [3.05, 3.63) is 29.7 Å². The van der Waals surface area contributed by atoms with E-state index in [0.717, 1.165) is 37.2 Å². The Morgan fingerprint density at radius 1 is 1.44 bits per heavy atom. The summed E-state index contributed by atoms with van der Waals surface area (Å²) in [6, 6.07) is 6.08. The lowest BCUT2D eigenvalue weighted by Crippen LogP contribution is -2.17. The van der Waals surface area contributed by atoms with Crippen LogP contribution in [0, 0.1) is 6.92 Å². The van der Waals surface area contributed by atoms with Crippen molar-refractivity contribution in [2.75, 3.05) is 13.1 Å². The molecular formula is C12H17N3O. The van der Waals surface area contributed by atoms with Crippen molar-refractivity contribution in [3.63, 3.8) is 0 Å². The molecule has 16 heavy (non-hydrogen) atoms. The zero-order chi connectivity index (χ0) is 11.4. The van der Waals surface area contributed by atoms with Gasteiger partial charge in [-0.1, -0.05) is 6.07 Å². The van der Waals surface area contributed by atoms with Crippen LogP contribution in [0.25, 0.3) is 11.1 Å². The molecule has 1 aromatic carbocycles. The Morgan fingerprint density at radius 3 is 3.12 bits per heavy atom. The van der Waals surface area contributed by atoms with Crippen molar-refractivity contribution in [2.24, 2.45) is 5.73 Å². The zero-order valence-corrected chi connectivity index (χ0v) is 9.49. The van der Waals surface area contributed by atoms with Crippen molar-refractivity contribution in [1.29, 1.82) is 0 Å². The molecule has 0 aliphatic heterocycles. The Labute approximate surface area is 94.8 Å². The highest BCUT2D eigenvalue weighted by molar-refractivity contribution is 5.73. The normalized spacial score (nSPS) is 11.1. The first kappa shape index (κ1) is 11.1. The second-order valence-corrected chi connectivity index (χ2v) is 3.85. The van der Waals surface area contributed by atoms with Gasteiger partial charge in [0.15, 0.2) is 11.5 Å². The van der Waals surface area contributed by atoms with E-state index in [4.69, 9.17) is 10.2 Å². The van der Waals surface area contributed by atoms with Gasteiger partial charge in [-0.15, -0.1) is 0 Å². The maximum atomic E-state index is 5.42. The molecule has 0 saturated carbocycles. The molecule has 0 aliphatic carbocycles. The Bertz CT molecular complexity index is 464. The fourth-order valence-electron chi connectivity index (χ4n) is 1.66. The Kier molecular flexibility index (Phi) is 3.54. The molecule has 2 aromatic rings. The lowest BCUT2D eigenvalue weighted by atomic mass is 10.2. The van der Waals surface area contributed by atoms with Crippen molar-refractivity contribution < 1.29 is 4.42 Å². The molecule has 0 amide bonds. The number of aromatic nitrogens is 1. The number of aryl methyl sites for hydroxylation is 1. The molecule has 86 valence electrons. The van der Waals surface area contributed by atoms with Crippen LogP contribution >= 0.6 is 0 Å². The van der Waals surface area contributed by atoms with Gasteiger partial charge in [-0.3, -0.25) is 0 Å². The smallest absolute Gasteiger partial charge is 0.192 e. The molecule has 0 radical (unpaired) electrons. The van der Waals surface area contributed by atoms with Crippen LogP contribution < -0.4 is 11.1 Å². The second-order valence-electron chi connectivity index (χ2n) is 3.85. The maximum Gasteiger partial charge on any atom is 0.192 e. The molecule has 1 aromatic heterocycles. The SMILES string of the molecule is Cc1nc2cc(CNCCCN)ccc2o1. The van der Waals surface area contributed by atoms with Crippen LogP contribution in [-0.4, -0.2) is 18.1 Å². The molecule has 0 spiro atoms. The van der Waals surface area contributed by atoms with Crippen LogP contribution in [0.15, 0.2) is 22.6 Å². The average Bonchev–Trinajstić information content (AvgIpc) is 2.64. The number of rotatable bonds is 5. The summed E-state index contributed by atoms with van der Waals surface area (Å²) in [4.78, 5) is 4.30. The van der Waals surface area contributed by atoms with Gasteiger partial charge in [-0.05, 0) is 37.2 Å². The van der Waals surface area contributed by atoms with Crippen molar-refractivity contribution in [2.45, 2.75) is 19.9 Å². The van der Waals surface area contributed by atoms with Crippen LogP contribution in [0.1, 0.15) is 17.9 Å².